The van der Waals surface area contributed by atoms with Gasteiger partial charge in [0.25, 0.3) is 0 Å². The number of carbonyl (C=O) groups excluding carboxylic acids is 2. The molecule has 0 fully saturated rings. The van der Waals surface area contributed by atoms with Crippen LogP contribution >= 0.6 is 0 Å². The maximum absolute atomic E-state index is 13.5. The number of Topliss-reactive ketones (excluding diaryl/α,β-unsaturated/α-hetero) is 2. The number of nitrogens with zero attached hydrogens (tertiary/aromatic N) is 4. The Kier molecular flexibility index (Phi) is 9.60. The van der Waals surface area contributed by atoms with E-state index in [0.717, 1.165) is 89.1 Å². The van der Waals surface area contributed by atoms with Crippen molar-refractivity contribution in [3.63, 3.8) is 0 Å². The Labute approximate surface area is 347 Å². The number of aromatic nitrogens is 4. The maximum Gasteiger partial charge on any atom is 0.239 e. The van der Waals surface area contributed by atoms with E-state index in [2.05, 4.69) is 44.0 Å². The number of hydrogen-bond acceptors (Lipinski definition) is 8. The van der Waals surface area contributed by atoms with Crippen molar-refractivity contribution in [1.29, 1.82) is 0 Å². The van der Waals surface area contributed by atoms with Crippen LogP contribution in [-0.2, 0) is 0 Å². The zero-order valence-corrected chi connectivity index (χ0v) is 33.9. The summed E-state index contributed by atoms with van der Waals surface area (Å²) in [7, 11) is 0. The van der Waals surface area contributed by atoms with Crippen LogP contribution in [0.4, 0.5) is 22.7 Å². The number of fused-ring (bicyclic) bond motifs is 4. The van der Waals surface area contributed by atoms with Gasteiger partial charge in [-0.2, -0.15) is 0 Å². The Bertz CT molecular complexity index is 2970. The van der Waals surface area contributed by atoms with Gasteiger partial charge in [0.05, 0.1) is 13.1 Å². The average Bonchev–Trinajstić information content (AvgIpc) is 3.25. The first-order chi connectivity index (χ1) is 29.0. The molecule has 0 saturated carbocycles. The van der Waals surface area contributed by atoms with Gasteiger partial charge in [-0.1, -0.05) is 60.7 Å². The molecule has 6 N–H and O–H groups in total. The van der Waals surface area contributed by atoms with E-state index >= 15 is 0 Å². The van der Waals surface area contributed by atoms with Crippen molar-refractivity contribution >= 4 is 78.4 Å². The summed E-state index contributed by atoms with van der Waals surface area (Å²) in [6.07, 6.45) is 0. The molecule has 0 aliphatic carbocycles. The highest BCUT2D eigenvalue weighted by Crippen LogP contribution is 2.28. The minimum Gasteiger partial charge on any atom is -0.398 e. The fourth-order valence-corrected chi connectivity index (χ4v) is 7.84. The summed E-state index contributed by atoms with van der Waals surface area (Å²) in [5.74, 6) is -0.196. The number of carbonyl (C=O) groups is 2. The number of anilines is 4. The molecule has 0 radical (unpaired) electrons. The first-order valence-electron chi connectivity index (χ1n) is 19.9. The Morgan fingerprint density at radius 1 is 0.467 bits per heavy atom. The summed E-state index contributed by atoms with van der Waals surface area (Å²) in [6, 6.07) is 43.2. The minimum atomic E-state index is -0.0981. The summed E-state index contributed by atoms with van der Waals surface area (Å²) < 4.78 is 4.31. The maximum atomic E-state index is 13.5. The van der Waals surface area contributed by atoms with Crippen molar-refractivity contribution in [1.82, 2.24) is 9.97 Å². The van der Waals surface area contributed by atoms with Crippen LogP contribution < -0.4 is 31.2 Å². The third kappa shape index (κ3) is 6.98. The largest absolute Gasteiger partial charge is 0.398 e. The number of aryl methyl sites for hydroxylation is 4. The first kappa shape index (κ1) is 37.8. The zero-order chi connectivity index (χ0) is 41.7. The van der Waals surface area contributed by atoms with Crippen molar-refractivity contribution in [2.75, 3.05) is 35.2 Å². The van der Waals surface area contributed by atoms with Gasteiger partial charge in [-0.25, -0.2) is 9.97 Å². The van der Waals surface area contributed by atoms with Crippen LogP contribution in [0.3, 0.4) is 0 Å². The monoisotopic (exact) mass is 788 g/mol. The molecule has 0 saturated heterocycles. The lowest BCUT2D eigenvalue weighted by atomic mass is 10.0. The number of nitrogen functional groups attached to an aromatic ring is 2. The molecule has 294 valence electrons. The number of nitrogens with one attached hydrogen (secondary N) is 2. The van der Waals surface area contributed by atoms with Crippen molar-refractivity contribution < 1.29 is 18.7 Å². The van der Waals surface area contributed by atoms with Gasteiger partial charge >= 0.3 is 0 Å². The topological polar surface area (TPSA) is 144 Å². The predicted octanol–water partition coefficient (Wildman–Crippen LogP) is 8.63. The minimum absolute atomic E-state index is 0.0697. The van der Waals surface area contributed by atoms with Crippen LogP contribution in [0, 0.1) is 27.7 Å². The second kappa shape index (κ2) is 15.2. The Morgan fingerprint density at radius 3 is 1.17 bits per heavy atom. The normalized spacial score (nSPS) is 11.4. The van der Waals surface area contributed by atoms with Gasteiger partial charge in [-0.15, -0.1) is 9.13 Å². The van der Waals surface area contributed by atoms with Crippen molar-refractivity contribution in [3.8, 4) is 11.4 Å². The second-order valence-corrected chi connectivity index (χ2v) is 15.4. The highest BCUT2D eigenvalue weighted by atomic mass is 16.1. The SMILES string of the molecule is Cc1cc2nc3cc(C)c(NCC(=O)c4ccc(C(=O)CNc5cc6c(cc5C)nc5cc(C)c(N)cc5[n+]6-c5ccccc5)cc4)cc3[n+](-c3ccccc3)c2cc1N. The summed E-state index contributed by atoms with van der Waals surface area (Å²) >= 11 is 0. The number of ketones is 2. The highest BCUT2D eigenvalue weighted by molar-refractivity contribution is 6.03. The van der Waals surface area contributed by atoms with Crippen LogP contribution in [0.25, 0.3) is 55.5 Å². The van der Waals surface area contributed by atoms with Crippen LogP contribution in [0.1, 0.15) is 43.0 Å². The molecule has 0 spiro atoms. The molecule has 9 aromatic rings. The number of para-hydroxylation sites is 2. The van der Waals surface area contributed by atoms with E-state index in [9.17, 15) is 9.59 Å². The van der Waals surface area contributed by atoms with Crippen LogP contribution in [0.2, 0.25) is 0 Å². The lowest BCUT2D eigenvalue weighted by molar-refractivity contribution is -0.538. The van der Waals surface area contributed by atoms with E-state index in [1.54, 1.807) is 24.3 Å². The van der Waals surface area contributed by atoms with Gasteiger partial charge in [0.1, 0.15) is 22.1 Å². The van der Waals surface area contributed by atoms with Crippen molar-refractivity contribution in [2.45, 2.75) is 27.7 Å². The Morgan fingerprint density at radius 2 is 0.800 bits per heavy atom. The first-order valence-corrected chi connectivity index (χ1v) is 19.9. The van der Waals surface area contributed by atoms with E-state index in [-0.39, 0.29) is 24.7 Å². The van der Waals surface area contributed by atoms with E-state index in [0.29, 0.717) is 22.5 Å². The fraction of sp³-hybridized carbons (Fsp3) is 0.120. The third-order valence-corrected chi connectivity index (χ3v) is 11.3. The lowest BCUT2D eigenvalue weighted by Crippen LogP contribution is -2.33. The molecule has 0 bridgehead atoms. The molecular weight excluding hydrogens is 745 g/mol. The molecule has 0 unspecified atom stereocenters. The van der Waals surface area contributed by atoms with Gasteiger partial charge in [0, 0.05) is 82.4 Å². The van der Waals surface area contributed by atoms with Gasteiger partial charge in [-0.05, 0) is 74.2 Å². The van der Waals surface area contributed by atoms with Gasteiger partial charge < -0.3 is 22.1 Å². The number of nitrogens with two attached hydrogens (primary N) is 2. The average molecular weight is 789 g/mol. The van der Waals surface area contributed by atoms with Gasteiger partial charge in [0.2, 0.25) is 33.4 Å². The van der Waals surface area contributed by atoms with Crippen molar-refractivity contribution in [2.24, 2.45) is 0 Å². The highest BCUT2D eigenvalue weighted by Gasteiger charge is 2.24. The smallest absolute Gasteiger partial charge is 0.239 e. The Balaban J connectivity index is 0.930. The van der Waals surface area contributed by atoms with E-state index in [4.69, 9.17) is 21.4 Å². The quantitative estimate of drug-likeness (QED) is 0.0467. The zero-order valence-electron chi connectivity index (χ0n) is 33.9. The summed E-state index contributed by atoms with van der Waals surface area (Å²) in [5.41, 5.74) is 29.5. The van der Waals surface area contributed by atoms with Crippen LogP contribution in [0.5, 0.6) is 0 Å². The second-order valence-electron chi connectivity index (χ2n) is 15.4. The predicted molar refractivity (Wildman–Crippen MR) is 241 cm³/mol. The van der Waals surface area contributed by atoms with Crippen LogP contribution in [0.15, 0.2) is 133 Å². The number of rotatable bonds is 10. The molecule has 9 rings (SSSR count). The molecule has 2 aromatic heterocycles. The molecule has 0 amide bonds. The number of benzene rings is 7. The molecule has 60 heavy (non-hydrogen) atoms. The summed E-state index contributed by atoms with van der Waals surface area (Å²) in [5, 5.41) is 6.74. The molecule has 7 aromatic carbocycles. The molecule has 0 aliphatic rings. The molecule has 10 nitrogen and oxygen atoms in total. The molecule has 2 heterocycles. The van der Waals surface area contributed by atoms with E-state index < -0.39 is 0 Å². The molecule has 0 atom stereocenters. The van der Waals surface area contributed by atoms with E-state index in [1.807, 2.05) is 113 Å². The fourth-order valence-electron chi connectivity index (χ4n) is 7.84. The summed E-state index contributed by atoms with van der Waals surface area (Å²) in [4.78, 5) is 37.0. The van der Waals surface area contributed by atoms with Crippen LogP contribution in [-0.4, -0.2) is 34.6 Å². The van der Waals surface area contributed by atoms with E-state index in [1.165, 1.54) is 0 Å². The summed E-state index contributed by atoms with van der Waals surface area (Å²) in [6.45, 7) is 8.11. The molecular formula is C50H44N8O2+2. The molecule has 0 aliphatic heterocycles. The lowest BCUT2D eigenvalue weighted by Gasteiger charge is -2.13. The van der Waals surface area contributed by atoms with Gasteiger partial charge in [-0.3, -0.25) is 9.59 Å². The van der Waals surface area contributed by atoms with Gasteiger partial charge in [0.15, 0.2) is 11.6 Å². The Hall–Kier alpha value is -7.72. The number of hydrogen-bond donors (Lipinski definition) is 4. The van der Waals surface area contributed by atoms with Crippen molar-refractivity contribution in [3.05, 3.63) is 167 Å². The molecule has 10 heteroatoms. The third-order valence-electron chi connectivity index (χ3n) is 11.3. The standard InChI is InChI=1S/C50H42N8O2/c1-29-19-41-45(23-37(29)51)57(35-11-7-5-8-12-35)47-25-39(31(3)21-43(47)55-41)53-27-49(59)33-15-17-34(18-16-33)50(60)28-54-40-26-48-44(22-32(40)4)56-42-20-30(2)38(52)24-46(42)58(48)36-13-9-6-10-14-36/h5-26H,27-28H2,1-4H3,(H4,51,52,53,54)/p+2.